The van der Waals surface area contributed by atoms with Crippen LogP contribution in [0.4, 0.5) is 13.2 Å². The molecule has 0 radical (unpaired) electrons. The molecule has 1 fully saturated rings. The molecular weight excluding hydrogens is 329 g/mol. The molecule has 1 aliphatic carbocycles. The molecule has 2 rings (SSSR count). The number of alkyl halides is 3. The second-order valence-electron chi connectivity index (χ2n) is 5.62. The maximum Gasteiger partial charge on any atom is 0.416 e. The molecule has 0 saturated heterocycles. The van der Waals surface area contributed by atoms with Crippen LogP contribution in [0.5, 0.6) is 0 Å². The molecule has 1 aromatic rings. The van der Waals surface area contributed by atoms with E-state index < -0.39 is 41.5 Å². The van der Waals surface area contributed by atoms with Crippen molar-refractivity contribution in [3.05, 3.63) is 35.4 Å². The number of carbonyl (C=O) groups excluding carboxylic acids is 2. The zero-order valence-corrected chi connectivity index (χ0v) is 12.4. The van der Waals surface area contributed by atoms with Crippen molar-refractivity contribution >= 4 is 17.8 Å². The molecular formula is C15H15F3N2O4. The van der Waals surface area contributed by atoms with E-state index >= 15 is 0 Å². The van der Waals surface area contributed by atoms with Crippen LogP contribution in [0.3, 0.4) is 0 Å². The monoisotopic (exact) mass is 344 g/mol. The van der Waals surface area contributed by atoms with Gasteiger partial charge < -0.3 is 15.7 Å². The third-order valence-corrected chi connectivity index (χ3v) is 3.82. The van der Waals surface area contributed by atoms with Crippen LogP contribution in [0.1, 0.15) is 28.8 Å². The van der Waals surface area contributed by atoms with Crippen molar-refractivity contribution in [1.82, 2.24) is 10.6 Å². The summed E-state index contributed by atoms with van der Waals surface area (Å²) in [6, 6.07) is 3.58. The maximum atomic E-state index is 12.4. The van der Waals surface area contributed by atoms with Crippen molar-refractivity contribution in [3.63, 3.8) is 0 Å². The van der Waals surface area contributed by atoms with E-state index in [1.54, 1.807) is 0 Å². The standard InChI is InChI=1S/C15H15F3N2O4/c16-15(17,18)10-3-1-9(2-4-10)12(22)19-7-11(21)20-8-14(5-6-14)13(23)24/h1-4H,5-8H2,(H,19,22)(H,20,21)(H,23,24). The minimum absolute atomic E-state index is 0.0139. The second-order valence-corrected chi connectivity index (χ2v) is 5.62. The molecule has 0 heterocycles. The lowest BCUT2D eigenvalue weighted by atomic mass is 10.1. The van der Waals surface area contributed by atoms with E-state index in [-0.39, 0.29) is 12.1 Å². The molecule has 0 bridgehead atoms. The average molecular weight is 344 g/mol. The van der Waals surface area contributed by atoms with Crippen molar-refractivity contribution in [1.29, 1.82) is 0 Å². The molecule has 0 aliphatic heterocycles. The van der Waals surface area contributed by atoms with Crippen molar-refractivity contribution in [2.75, 3.05) is 13.1 Å². The molecule has 1 aliphatic rings. The molecule has 24 heavy (non-hydrogen) atoms. The first-order chi connectivity index (χ1) is 11.1. The van der Waals surface area contributed by atoms with Crippen molar-refractivity contribution < 1.29 is 32.7 Å². The Balaban J connectivity index is 1.80. The fourth-order valence-electron chi connectivity index (χ4n) is 2.02. The smallest absolute Gasteiger partial charge is 0.416 e. The minimum atomic E-state index is -4.49. The SMILES string of the molecule is O=C(CNC(=O)c1ccc(C(F)(F)F)cc1)NCC1(C(=O)O)CC1. The van der Waals surface area contributed by atoms with E-state index in [1.165, 1.54) is 0 Å². The van der Waals surface area contributed by atoms with E-state index in [0.29, 0.717) is 12.8 Å². The summed E-state index contributed by atoms with van der Waals surface area (Å²) in [4.78, 5) is 34.3. The van der Waals surface area contributed by atoms with Crippen molar-refractivity contribution in [2.24, 2.45) is 5.41 Å². The zero-order chi connectivity index (χ0) is 18.0. The third-order valence-electron chi connectivity index (χ3n) is 3.82. The van der Waals surface area contributed by atoms with Gasteiger partial charge in [-0.05, 0) is 37.1 Å². The highest BCUT2D eigenvalue weighted by Gasteiger charge is 2.50. The van der Waals surface area contributed by atoms with Gasteiger partial charge in [0.05, 0.1) is 17.5 Å². The van der Waals surface area contributed by atoms with E-state index in [1.807, 2.05) is 0 Å². The van der Waals surface area contributed by atoms with Gasteiger partial charge >= 0.3 is 12.1 Å². The van der Waals surface area contributed by atoms with Gasteiger partial charge in [0.25, 0.3) is 5.91 Å². The van der Waals surface area contributed by atoms with Gasteiger partial charge in [-0.25, -0.2) is 0 Å². The molecule has 3 N–H and O–H groups in total. The van der Waals surface area contributed by atoms with Gasteiger partial charge in [0.2, 0.25) is 5.91 Å². The number of nitrogens with one attached hydrogen (secondary N) is 2. The number of hydrogen-bond acceptors (Lipinski definition) is 3. The van der Waals surface area contributed by atoms with Gasteiger partial charge in [-0.1, -0.05) is 0 Å². The number of carboxylic acids is 1. The first-order valence-electron chi connectivity index (χ1n) is 7.10. The van der Waals surface area contributed by atoms with Crippen LogP contribution in [0.15, 0.2) is 24.3 Å². The number of amides is 2. The zero-order valence-electron chi connectivity index (χ0n) is 12.4. The Morgan fingerprint density at radius 3 is 2.12 bits per heavy atom. The molecule has 130 valence electrons. The van der Waals surface area contributed by atoms with Gasteiger partial charge in [0, 0.05) is 12.1 Å². The topological polar surface area (TPSA) is 95.5 Å². The van der Waals surface area contributed by atoms with Gasteiger partial charge in [0.1, 0.15) is 0 Å². The highest BCUT2D eigenvalue weighted by Crippen LogP contribution is 2.45. The van der Waals surface area contributed by atoms with Gasteiger partial charge in [-0.2, -0.15) is 13.2 Å². The molecule has 9 heteroatoms. The van der Waals surface area contributed by atoms with E-state index in [2.05, 4.69) is 10.6 Å². The second kappa shape index (κ2) is 6.50. The van der Waals surface area contributed by atoms with Crippen LogP contribution < -0.4 is 10.6 Å². The normalized spacial score (nSPS) is 15.5. The van der Waals surface area contributed by atoms with Crippen LogP contribution in [0.25, 0.3) is 0 Å². The van der Waals surface area contributed by atoms with Crippen LogP contribution in [-0.4, -0.2) is 36.0 Å². The first-order valence-corrected chi connectivity index (χ1v) is 7.10. The number of carboxylic acid groups (broad SMARTS) is 1. The van der Waals surface area contributed by atoms with Gasteiger partial charge in [-0.15, -0.1) is 0 Å². The Hall–Kier alpha value is -2.58. The molecule has 1 aromatic carbocycles. The molecule has 1 saturated carbocycles. The van der Waals surface area contributed by atoms with E-state index in [4.69, 9.17) is 5.11 Å². The number of aliphatic carboxylic acids is 1. The maximum absolute atomic E-state index is 12.4. The summed E-state index contributed by atoms with van der Waals surface area (Å²) >= 11 is 0. The summed E-state index contributed by atoms with van der Waals surface area (Å²) in [6.07, 6.45) is -3.52. The summed E-state index contributed by atoms with van der Waals surface area (Å²) in [7, 11) is 0. The lowest BCUT2D eigenvalue weighted by Crippen LogP contribution is -2.40. The summed E-state index contributed by atoms with van der Waals surface area (Å²) in [6.45, 7) is -0.410. The predicted octanol–water partition coefficient (Wildman–Crippen LogP) is 1.42. The van der Waals surface area contributed by atoms with E-state index in [9.17, 15) is 27.6 Å². The summed E-state index contributed by atoms with van der Waals surface area (Å²) in [5.41, 5.74) is -1.80. The van der Waals surface area contributed by atoms with Gasteiger partial charge in [0.15, 0.2) is 0 Å². The fraction of sp³-hybridized carbons (Fsp3) is 0.400. The number of benzene rings is 1. The molecule has 2 amide bonds. The molecule has 0 unspecified atom stereocenters. The average Bonchev–Trinajstić information content (AvgIpc) is 3.31. The summed E-state index contributed by atoms with van der Waals surface area (Å²) in [5.74, 6) is -2.24. The largest absolute Gasteiger partial charge is 0.481 e. The first kappa shape index (κ1) is 17.8. The third kappa shape index (κ3) is 4.24. The minimum Gasteiger partial charge on any atom is -0.481 e. The lowest BCUT2D eigenvalue weighted by Gasteiger charge is -2.12. The number of carbonyl (C=O) groups is 3. The van der Waals surface area contributed by atoms with Crippen LogP contribution in [0, 0.1) is 5.41 Å². The Kier molecular flexibility index (Phi) is 4.81. The van der Waals surface area contributed by atoms with Crippen molar-refractivity contribution in [2.45, 2.75) is 19.0 Å². The van der Waals surface area contributed by atoms with Crippen LogP contribution in [-0.2, 0) is 15.8 Å². The summed E-state index contributed by atoms with van der Waals surface area (Å²) in [5, 5.41) is 13.6. The quantitative estimate of drug-likeness (QED) is 0.727. The Morgan fingerprint density at radius 1 is 1.08 bits per heavy atom. The predicted molar refractivity (Wildman–Crippen MR) is 76.1 cm³/mol. The number of hydrogen-bond donors (Lipinski definition) is 3. The Bertz CT molecular complexity index is 652. The summed E-state index contributed by atoms with van der Waals surface area (Å²) < 4.78 is 37.3. The lowest BCUT2D eigenvalue weighted by molar-refractivity contribution is -0.143. The highest BCUT2D eigenvalue weighted by atomic mass is 19.4. The molecule has 0 spiro atoms. The Morgan fingerprint density at radius 2 is 1.67 bits per heavy atom. The molecule has 0 aromatic heterocycles. The number of halogens is 3. The van der Waals surface area contributed by atoms with E-state index in [0.717, 1.165) is 24.3 Å². The molecule has 6 nitrogen and oxygen atoms in total. The fourth-order valence-corrected chi connectivity index (χ4v) is 2.02. The highest BCUT2D eigenvalue weighted by molar-refractivity contribution is 5.96. The van der Waals surface area contributed by atoms with Gasteiger partial charge in [-0.3, -0.25) is 14.4 Å². The van der Waals surface area contributed by atoms with Crippen LogP contribution in [0.2, 0.25) is 0 Å². The number of rotatable bonds is 6. The molecule has 0 atom stereocenters. The Labute approximate surface area is 135 Å². The van der Waals surface area contributed by atoms with Crippen LogP contribution >= 0.6 is 0 Å². The van der Waals surface area contributed by atoms with Crippen molar-refractivity contribution in [3.8, 4) is 0 Å².